The van der Waals surface area contributed by atoms with E-state index in [1.54, 1.807) is 11.1 Å². The summed E-state index contributed by atoms with van der Waals surface area (Å²) in [6.45, 7) is 12.1. The van der Waals surface area contributed by atoms with Gasteiger partial charge in [-0.25, -0.2) is 0 Å². The normalized spacial score (nSPS) is 21.0. The highest BCUT2D eigenvalue weighted by Crippen LogP contribution is 2.50. The number of anilines is 1. The number of nitrogens with zero attached hydrogens (tertiary/aromatic N) is 1. The number of benzene rings is 2. The molecule has 0 spiro atoms. The molecular formula is C22H27N. The molecule has 0 atom stereocenters. The quantitative estimate of drug-likeness (QED) is 0.670. The summed E-state index contributed by atoms with van der Waals surface area (Å²) in [4.78, 5) is 2.63. The third-order valence-electron chi connectivity index (χ3n) is 6.00. The van der Waals surface area contributed by atoms with E-state index >= 15 is 0 Å². The molecule has 1 heteroatoms. The van der Waals surface area contributed by atoms with Crippen molar-refractivity contribution in [1.82, 2.24) is 0 Å². The van der Waals surface area contributed by atoms with Crippen molar-refractivity contribution in [2.75, 3.05) is 18.0 Å². The highest BCUT2D eigenvalue weighted by atomic mass is 15.2. The Morgan fingerprint density at radius 1 is 0.739 bits per heavy atom. The second-order valence-electron chi connectivity index (χ2n) is 8.54. The molecule has 2 aromatic rings. The maximum Gasteiger partial charge on any atom is 0.0442 e. The summed E-state index contributed by atoms with van der Waals surface area (Å²) >= 11 is 0. The van der Waals surface area contributed by atoms with Crippen LogP contribution >= 0.6 is 0 Å². The van der Waals surface area contributed by atoms with Crippen LogP contribution in [0.15, 0.2) is 42.5 Å². The van der Waals surface area contributed by atoms with Crippen LogP contribution in [-0.4, -0.2) is 13.1 Å². The van der Waals surface area contributed by atoms with Crippen LogP contribution in [0.1, 0.15) is 51.7 Å². The average molecular weight is 305 g/mol. The fourth-order valence-corrected chi connectivity index (χ4v) is 4.24. The highest BCUT2D eigenvalue weighted by Gasteiger charge is 2.39. The van der Waals surface area contributed by atoms with Gasteiger partial charge in [0.15, 0.2) is 0 Å². The van der Waals surface area contributed by atoms with Crippen LogP contribution in [0.25, 0.3) is 11.1 Å². The zero-order valence-electron chi connectivity index (χ0n) is 14.8. The molecule has 120 valence electrons. The Bertz CT molecular complexity index is 699. The minimum absolute atomic E-state index is 0.263. The fraction of sp³-hybridized carbons (Fsp3) is 0.455. The molecule has 0 radical (unpaired) electrons. The van der Waals surface area contributed by atoms with E-state index in [9.17, 15) is 0 Å². The first-order valence-corrected chi connectivity index (χ1v) is 8.88. The Labute approximate surface area is 140 Å². The van der Waals surface area contributed by atoms with Crippen LogP contribution in [0.5, 0.6) is 0 Å². The zero-order chi connectivity index (χ0) is 16.2. The minimum Gasteiger partial charge on any atom is -0.371 e. The molecule has 0 fully saturated rings. The van der Waals surface area contributed by atoms with Gasteiger partial charge in [-0.2, -0.15) is 0 Å². The van der Waals surface area contributed by atoms with E-state index in [1.165, 1.54) is 42.7 Å². The van der Waals surface area contributed by atoms with Gasteiger partial charge in [-0.05, 0) is 58.1 Å². The Morgan fingerprint density at radius 2 is 1.26 bits per heavy atom. The average Bonchev–Trinajstić information content (AvgIpc) is 2.53. The standard InChI is InChI=1S/C22H27N/c1-21(2)10-12-23-13-11-22(3,4)19-15-17(14-18(21)20(19)23)16-8-6-5-7-9-16/h5-9,14-15H,10-13H2,1-4H3. The molecule has 23 heavy (non-hydrogen) atoms. The summed E-state index contributed by atoms with van der Waals surface area (Å²) < 4.78 is 0. The largest absolute Gasteiger partial charge is 0.371 e. The third kappa shape index (κ3) is 2.29. The molecule has 1 nitrogen and oxygen atoms in total. The molecule has 0 bridgehead atoms. The molecule has 0 unspecified atom stereocenters. The second-order valence-corrected chi connectivity index (χ2v) is 8.54. The predicted octanol–water partition coefficient (Wildman–Crippen LogP) is 5.52. The smallest absolute Gasteiger partial charge is 0.0442 e. The van der Waals surface area contributed by atoms with Crippen molar-refractivity contribution in [2.24, 2.45) is 0 Å². The fourth-order valence-electron chi connectivity index (χ4n) is 4.24. The maximum absolute atomic E-state index is 2.63. The molecule has 2 heterocycles. The summed E-state index contributed by atoms with van der Waals surface area (Å²) in [5, 5.41) is 0. The van der Waals surface area contributed by atoms with Crippen LogP contribution in [0, 0.1) is 0 Å². The lowest BCUT2D eigenvalue weighted by molar-refractivity contribution is 0.402. The Kier molecular flexibility index (Phi) is 3.13. The van der Waals surface area contributed by atoms with Crippen LogP contribution in [-0.2, 0) is 10.8 Å². The van der Waals surface area contributed by atoms with E-state index in [1.807, 2.05) is 0 Å². The van der Waals surface area contributed by atoms with Crippen LogP contribution in [0.3, 0.4) is 0 Å². The van der Waals surface area contributed by atoms with Gasteiger partial charge in [-0.3, -0.25) is 0 Å². The first kappa shape index (κ1) is 14.8. The summed E-state index contributed by atoms with van der Waals surface area (Å²) in [5.41, 5.74) is 7.88. The van der Waals surface area contributed by atoms with Crippen molar-refractivity contribution in [1.29, 1.82) is 0 Å². The topological polar surface area (TPSA) is 3.24 Å². The van der Waals surface area contributed by atoms with Gasteiger partial charge in [-0.15, -0.1) is 0 Å². The van der Waals surface area contributed by atoms with Crippen molar-refractivity contribution in [3.63, 3.8) is 0 Å². The summed E-state index contributed by atoms with van der Waals surface area (Å²) in [6, 6.07) is 15.8. The number of hydrogen-bond donors (Lipinski definition) is 0. The number of rotatable bonds is 1. The first-order valence-electron chi connectivity index (χ1n) is 8.88. The van der Waals surface area contributed by atoms with E-state index in [-0.39, 0.29) is 10.8 Å². The molecule has 0 saturated heterocycles. The van der Waals surface area contributed by atoms with Crippen molar-refractivity contribution in [2.45, 2.75) is 51.4 Å². The second kappa shape index (κ2) is 4.87. The van der Waals surface area contributed by atoms with Crippen LogP contribution < -0.4 is 4.90 Å². The van der Waals surface area contributed by atoms with Gasteiger partial charge in [0.25, 0.3) is 0 Å². The Hall–Kier alpha value is -1.76. The zero-order valence-corrected chi connectivity index (χ0v) is 14.8. The molecule has 0 aliphatic carbocycles. The third-order valence-corrected chi connectivity index (χ3v) is 6.00. The van der Waals surface area contributed by atoms with Crippen LogP contribution in [0.4, 0.5) is 5.69 Å². The molecule has 0 amide bonds. The van der Waals surface area contributed by atoms with Crippen molar-refractivity contribution >= 4 is 5.69 Å². The molecular weight excluding hydrogens is 278 g/mol. The Morgan fingerprint density at radius 3 is 1.78 bits per heavy atom. The van der Waals surface area contributed by atoms with E-state index in [4.69, 9.17) is 0 Å². The van der Waals surface area contributed by atoms with Gasteiger partial charge in [0.05, 0.1) is 0 Å². The van der Waals surface area contributed by atoms with Gasteiger partial charge >= 0.3 is 0 Å². The lowest BCUT2D eigenvalue weighted by Gasteiger charge is -2.48. The molecule has 2 aliphatic rings. The Balaban J connectivity index is 2.00. The molecule has 4 rings (SSSR count). The molecule has 0 aromatic heterocycles. The van der Waals surface area contributed by atoms with E-state index in [0.717, 1.165) is 0 Å². The minimum atomic E-state index is 0.263. The molecule has 0 N–H and O–H groups in total. The first-order chi connectivity index (χ1) is 10.9. The molecule has 2 aliphatic heterocycles. The number of hydrogen-bond acceptors (Lipinski definition) is 1. The maximum atomic E-state index is 2.63. The van der Waals surface area contributed by atoms with E-state index in [0.29, 0.717) is 0 Å². The van der Waals surface area contributed by atoms with Crippen molar-refractivity contribution in [3.8, 4) is 11.1 Å². The lowest BCUT2D eigenvalue weighted by atomic mass is 9.69. The van der Waals surface area contributed by atoms with Gasteiger partial charge < -0.3 is 4.90 Å². The SMILES string of the molecule is CC1(C)CCN2CCC(C)(C)c3cc(-c4ccccc4)cc1c32. The summed E-state index contributed by atoms with van der Waals surface area (Å²) in [7, 11) is 0. The van der Waals surface area contributed by atoms with Gasteiger partial charge in [0.1, 0.15) is 0 Å². The summed E-state index contributed by atoms with van der Waals surface area (Å²) in [6.07, 6.45) is 2.50. The lowest BCUT2D eigenvalue weighted by Crippen LogP contribution is -2.44. The van der Waals surface area contributed by atoms with E-state index in [2.05, 4.69) is 75.1 Å². The van der Waals surface area contributed by atoms with Crippen molar-refractivity contribution < 1.29 is 0 Å². The van der Waals surface area contributed by atoms with Crippen LogP contribution in [0.2, 0.25) is 0 Å². The van der Waals surface area contributed by atoms with Gasteiger partial charge in [-0.1, -0.05) is 58.0 Å². The highest BCUT2D eigenvalue weighted by molar-refractivity contribution is 5.76. The van der Waals surface area contributed by atoms with Crippen molar-refractivity contribution in [3.05, 3.63) is 53.6 Å². The molecule has 2 aromatic carbocycles. The van der Waals surface area contributed by atoms with E-state index < -0.39 is 0 Å². The predicted molar refractivity (Wildman–Crippen MR) is 99.4 cm³/mol. The van der Waals surface area contributed by atoms with Gasteiger partial charge in [0, 0.05) is 18.8 Å². The summed E-state index contributed by atoms with van der Waals surface area (Å²) in [5.74, 6) is 0. The van der Waals surface area contributed by atoms with Gasteiger partial charge in [0.2, 0.25) is 0 Å². The monoisotopic (exact) mass is 305 g/mol. The molecule has 0 saturated carbocycles.